The quantitative estimate of drug-likeness (QED) is 0.0205. The normalized spacial score (nSPS) is 14.2. The molecule has 0 saturated carbocycles. The van der Waals surface area contributed by atoms with Crippen LogP contribution in [0.3, 0.4) is 0 Å². The zero-order valence-electron chi connectivity index (χ0n) is 57.9. The lowest BCUT2D eigenvalue weighted by atomic mass is 10.0. The lowest BCUT2D eigenvalue weighted by molar-refractivity contribution is -0.870. The number of nitrogens with zero attached hydrogens (tertiary/aromatic N) is 1. The molecule has 0 rings (SSSR count). The first-order valence-corrected chi connectivity index (χ1v) is 37.9. The molecule has 2 N–H and O–H groups in total. The maximum Gasteiger partial charge on any atom is 0.472 e. The van der Waals surface area contributed by atoms with Crippen LogP contribution in [0.15, 0.2) is 122 Å². The summed E-state index contributed by atoms with van der Waals surface area (Å²) in [7, 11) is 1.48. The number of quaternary nitrogens is 1. The van der Waals surface area contributed by atoms with E-state index in [9.17, 15) is 19.0 Å². The first-order valence-electron chi connectivity index (χ1n) is 36.4. The third-order valence-electron chi connectivity index (χ3n) is 15.6. The van der Waals surface area contributed by atoms with E-state index in [0.717, 1.165) is 122 Å². The molecule has 3 unspecified atom stereocenters. The third kappa shape index (κ3) is 66.8. The van der Waals surface area contributed by atoms with Gasteiger partial charge in [0.15, 0.2) is 0 Å². The highest BCUT2D eigenvalue weighted by Crippen LogP contribution is 2.43. The number of esters is 1. The van der Waals surface area contributed by atoms with E-state index < -0.39 is 20.0 Å². The van der Waals surface area contributed by atoms with Gasteiger partial charge in [-0.1, -0.05) is 297 Å². The number of carbonyl (C=O) groups excluding carboxylic acids is 2. The van der Waals surface area contributed by atoms with Crippen LogP contribution in [-0.2, 0) is 27.9 Å². The Morgan fingerprint density at radius 1 is 0.409 bits per heavy atom. The summed E-state index contributed by atoms with van der Waals surface area (Å²) in [5.41, 5.74) is 0. The predicted molar refractivity (Wildman–Crippen MR) is 383 cm³/mol. The third-order valence-corrected chi connectivity index (χ3v) is 16.6. The zero-order chi connectivity index (χ0) is 64.2. The molecular formula is C78H138N2O7P+. The van der Waals surface area contributed by atoms with E-state index in [1.807, 2.05) is 33.3 Å². The number of unbranched alkanes of at least 4 members (excludes halogenated alkanes) is 31. The van der Waals surface area contributed by atoms with Gasteiger partial charge in [-0.3, -0.25) is 18.6 Å². The Morgan fingerprint density at radius 3 is 1.11 bits per heavy atom. The highest BCUT2D eigenvalue weighted by Gasteiger charge is 2.30. The Bertz CT molecular complexity index is 1920. The van der Waals surface area contributed by atoms with Crippen molar-refractivity contribution >= 4 is 19.7 Å². The number of phosphoric acid groups is 1. The molecule has 0 saturated heterocycles. The number of ether oxygens (including phenoxy) is 1. The highest BCUT2D eigenvalue weighted by molar-refractivity contribution is 7.47. The van der Waals surface area contributed by atoms with Gasteiger partial charge < -0.3 is 19.4 Å². The molecule has 0 radical (unpaired) electrons. The van der Waals surface area contributed by atoms with Gasteiger partial charge in [-0.2, -0.15) is 0 Å². The number of nitrogens with one attached hydrogen (secondary N) is 1. The molecule has 88 heavy (non-hydrogen) atoms. The monoisotopic (exact) mass is 1250 g/mol. The topological polar surface area (TPSA) is 111 Å². The van der Waals surface area contributed by atoms with Crippen molar-refractivity contribution < 1.29 is 37.3 Å². The second-order valence-electron chi connectivity index (χ2n) is 25.4. The van der Waals surface area contributed by atoms with Crippen molar-refractivity contribution in [2.75, 3.05) is 40.9 Å². The molecule has 0 aromatic heterocycles. The van der Waals surface area contributed by atoms with Crippen LogP contribution in [0, 0.1) is 0 Å². The predicted octanol–water partition coefficient (Wildman–Crippen LogP) is 23.4. The van der Waals surface area contributed by atoms with Crippen LogP contribution in [-0.4, -0.2) is 74.3 Å². The van der Waals surface area contributed by atoms with Crippen molar-refractivity contribution in [3.63, 3.8) is 0 Å². The number of hydrogen-bond donors (Lipinski definition) is 2. The van der Waals surface area contributed by atoms with Gasteiger partial charge in [0.2, 0.25) is 5.91 Å². The zero-order valence-corrected chi connectivity index (χ0v) is 58.8. The van der Waals surface area contributed by atoms with Crippen molar-refractivity contribution in [3.8, 4) is 0 Å². The number of likely N-dealkylation sites (N-methyl/N-ethyl adjacent to an activating group) is 1. The van der Waals surface area contributed by atoms with Gasteiger partial charge in [-0.05, 0) is 122 Å². The van der Waals surface area contributed by atoms with Gasteiger partial charge in [-0.25, -0.2) is 4.57 Å². The molecule has 3 atom stereocenters. The van der Waals surface area contributed by atoms with Crippen LogP contribution >= 0.6 is 7.82 Å². The second kappa shape index (κ2) is 66.3. The Hall–Kier alpha value is -3.59. The number of hydrogen-bond acceptors (Lipinski definition) is 6. The van der Waals surface area contributed by atoms with Crippen LogP contribution in [0.25, 0.3) is 0 Å². The largest absolute Gasteiger partial charge is 0.472 e. The first kappa shape index (κ1) is 84.4. The van der Waals surface area contributed by atoms with Gasteiger partial charge in [-0.15, -0.1) is 0 Å². The minimum absolute atomic E-state index is 0.0318. The van der Waals surface area contributed by atoms with Crippen molar-refractivity contribution in [2.45, 2.75) is 322 Å². The number of rotatable bonds is 65. The number of phosphoric ester groups is 1. The lowest BCUT2D eigenvalue weighted by Gasteiger charge is -2.27. The molecular weight excluding hydrogens is 1110 g/mol. The summed E-state index contributed by atoms with van der Waals surface area (Å²) in [6, 6.07) is -0.865. The minimum atomic E-state index is -4.47. The summed E-state index contributed by atoms with van der Waals surface area (Å²) in [5.74, 6) is -0.522. The van der Waals surface area contributed by atoms with E-state index >= 15 is 0 Å². The SMILES string of the molecule is CC/C=C\C/C=C\C/C=C\C/C=C\C/C=C\CCCCCCCCCC(=O)NC(COP(=O)(O)OCC[N+](C)(C)C)C(/C=C/CCCCCCCCCCCC)OC(=O)CCCCCCCCCCCCC/C=C\C/C=C\C/C=C\C/C=C\CCCCC. The van der Waals surface area contributed by atoms with Crippen molar-refractivity contribution in [2.24, 2.45) is 0 Å². The van der Waals surface area contributed by atoms with Crippen LogP contribution < -0.4 is 5.32 Å². The Morgan fingerprint density at radius 2 is 0.727 bits per heavy atom. The van der Waals surface area contributed by atoms with E-state index in [1.165, 1.54) is 154 Å². The van der Waals surface area contributed by atoms with Crippen LogP contribution in [0.4, 0.5) is 0 Å². The van der Waals surface area contributed by atoms with E-state index in [2.05, 4.69) is 135 Å². The summed E-state index contributed by atoms with van der Waals surface area (Å²) in [4.78, 5) is 37.9. The average molecular weight is 1250 g/mol. The van der Waals surface area contributed by atoms with Gasteiger partial charge >= 0.3 is 13.8 Å². The first-order chi connectivity index (χ1) is 42.9. The molecule has 506 valence electrons. The number of carbonyl (C=O) groups is 2. The molecule has 0 heterocycles. The maximum absolute atomic E-state index is 13.6. The van der Waals surface area contributed by atoms with E-state index in [0.29, 0.717) is 17.4 Å². The summed E-state index contributed by atoms with van der Waals surface area (Å²) in [6.45, 7) is 6.87. The van der Waals surface area contributed by atoms with Crippen LogP contribution in [0.2, 0.25) is 0 Å². The summed E-state index contributed by atoms with van der Waals surface area (Å²) < 4.78 is 30.8. The molecule has 0 aliphatic carbocycles. The van der Waals surface area contributed by atoms with E-state index in [1.54, 1.807) is 0 Å². The lowest BCUT2D eigenvalue weighted by Crippen LogP contribution is -2.47. The molecule has 10 heteroatoms. The molecule has 9 nitrogen and oxygen atoms in total. The van der Waals surface area contributed by atoms with Crippen molar-refractivity contribution in [1.29, 1.82) is 0 Å². The van der Waals surface area contributed by atoms with Crippen molar-refractivity contribution in [1.82, 2.24) is 5.32 Å². The van der Waals surface area contributed by atoms with Gasteiger partial charge in [0.25, 0.3) is 0 Å². The molecule has 0 spiro atoms. The summed E-state index contributed by atoms with van der Waals surface area (Å²) in [6.07, 6.45) is 93.5. The van der Waals surface area contributed by atoms with Crippen molar-refractivity contribution in [3.05, 3.63) is 122 Å². The molecule has 0 fully saturated rings. The fourth-order valence-corrected chi connectivity index (χ4v) is 10.8. The standard InChI is InChI=1S/C78H137N2O7P/c1-7-10-13-16-19-22-25-28-30-32-34-36-38-39-40-41-43-45-47-49-51-53-56-59-62-65-68-71-78(82)87-76(69-66-63-60-57-54-27-24-21-18-15-12-9-3)75(74-86-88(83,84)85-73-72-80(4,5)6)79-77(81)70-67-64-61-58-55-52-50-48-46-44-42-37-35-33-31-29-26-23-20-17-14-11-8-2/h11,14,19-20,22-23,28-31,34-37,39-40,44,46,66,69,75-76H,7-10,12-13,15-18,21,24-27,32-33,38,41-43,45,47-65,67-68,70-74H2,1-6H3,(H-,79,81,83,84)/p+1/b14-11-,22-19-,23-20-,30-28-,31-29-,36-34-,37-35-,40-39-,46-44-,69-66+. The summed E-state index contributed by atoms with van der Waals surface area (Å²) >= 11 is 0. The highest BCUT2D eigenvalue weighted by atomic mass is 31.2. The molecule has 0 aromatic carbocycles. The van der Waals surface area contributed by atoms with E-state index in [4.69, 9.17) is 13.8 Å². The minimum Gasteiger partial charge on any atom is -0.456 e. The number of allylic oxidation sites excluding steroid dienone is 19. The molecule has 0 aromatic rings. The summed E-state index contributed by atoms with van der Waals surface area (Å²) in [5, 5.41) is 3.06. The Labute approximate surface area is 543 Å². The molecule has 0 aliphatic rings. The van der Waals surface area contributed by atoms with Crippen LogP contribution in [0.5, 0.6) is 0 Å². The molecule has 0 aliphatic heterocycles. The number of amides is 1. The average Bonchev–Trinajstić information content (AvgIpc) is 3.53. The molecule has 0 bridgehead atoms. The van der Waals surface area contributed by atoms with Gasteiger partial charge in [0, 0.05) is 12.8 Å². The Balaban J connectivity index is 5.08. The van der Waals surface area contributed by atoms with E-state index in [-0.39, 0.29) is 31.5 Å². The fourth-order valence-electron chi connectivity index (χ4n) is 10.1. The maximum atomic E-state index is 13.6. The fraction of sp³-hybridized carbons (Fsp3) is 0.718. The second-order valence-corrected chi connectivity index (χ2v) is 26.8. The Kier molecular flexibility index (Phi) is 63.6. The molecule has 1 amide bonds. The smallest absolute Gasteiger partial charge is 0.456 e. The van der Waals surface area contributed by atoms with Crippen LogP contribution in [0.1, 0.15) is 310 Å². The van der Waals surface area contributed by atoms with Gasteiger partial charge in [0.1, 0.15) is 19.3 Å². The van der Waals surface area contributed by atoms with Gasteiger partial charge in [0.05, 0.1) is 33.8 Å².